The molecule has 35 heavy (non-hydrogen) atoms. The van der Waals surface area contributed by atoms with Crippen molar-refractivity contribution < 1.29 is 17.6 Å². The SMILES string of the molecule is CC[C@H](NC(=O)c1cncc2c1cnn2-c1ccc(F)cc1)c1cc(N(C)C)nc(S(C)(=O)=O)c1. The van der Waals surface area contributed by atoms with Crippen LogP contribution in [0.5, 0.6) is 0 Å². The average molecular weight is 497 g/mol. The Kier molecular flexibility index (Phi) is 6.53. The van der Waals surface area contributed by atoms with E-state index in [0.717, 1.165) is 6.26 Å². The number of anilines is 1. The van der Waals surface area contributed by atoms with E-state index in [9.17, 15) is 17.6 Å². The number of sulfone groups is 1. The van der Waals surface area contributed by atoms with Gasteiger partial charge in [0.1, 0.15) is 11.6 Å². The van der Waals surface area contributed by atoms with Crippen LogP contribution in [-0.2, 0) is 9.84 Å². The molecule has 0 spiro atoms. The maximum absolute atomic E-state index is 13.3. The zero-order valence-corrected chi connectivity index (χ0v) is 20.5. The molecule has 3 heterocycles. The minimum atomic E-state index is -3.55. The van der Waals surface area contributed by atoms with Gasteiger partial charge in [0.2, 0.25) is 0 Å². The molecule has 0 aliphatic heterocycles. The minimum Gasteiger partial charge on any atom is -0.363 e. The largest absolute Gasteiger partial charge is 0.363 e. The van der Waals surface area contributed by atoms with Crippen LogP contribution < -0.4 is 10.2 Å². The first-order chi connectivity index (χ1) is 16.6. The molecule has 0 aliphatic rings. The van der Waals surface area contributed by atoms with E-state index in [1.165, 1.54) is 24.4 Å². The molecule has 4 rings (SSSR count). The molecule has 0 saturated heterocycles. The van der Waals surface area contributed by atoms with Gasteiger partial charge in [-0.3, -0.25) is 9.78 Å². The maximum atomic E-state index is 13.3. The second kappa shape index (κ2) is 9.41. The minimum absolute atomic E-state index is 0.0595. The fourth-order valence-electron chi connectivity index (χ4n) is 3.70. The summed E-state index contributed by atoms with van der Waals surface area (Å²) in [6.07, 6.45) is 6.23. The molecule has 0 bridgehead atoms. The Hall–Kier alpha value is -3.86. The number of fused-ring (bicyclic) bond motifs is 1. The number of aromatic nitrogens is 4. The molecule has 1 atom stereocenters. The zero-order valence-electron chi connectivity index (χ0n) is 19.7. The smallest absolute Gasteiger partial charge is 0.254 e. The Morgan fingerprint density at radius 1 is 1.14 bits per heavy atom. The lowest BCUT2D eigenvalue weighted by Gasteiger charge is -2.21. The van der Waals surface area contributed by atoms with Crippen LogP contribution in [0, 0.1) is 5.82 Å². The number of carbonyl (C=O) groups excluding carboxylic acids is 1. The molecule has 1 amide bonds. The number of amides is 1. The molecule has 11 heteroatoms. The van der Waals surface area contributed by atoms with Gasteiger partial charge in [-0.2, -0.15) is 5.10 Å². The first-order valence-corrected chi connectivity index (χ1v) is 12.8. The molecular formula is C24H25FN6O3S. The number of hydrogen-bond donors (Lipinski definition) is 1. The number of pyridine rings is 2. The lowest BCUT2D eigenvalue weighted by atomic mass is 10.0. The molecule has 0 unspecified atom stereocenters. The first kappa shape index (κ1) is 24.3. The molecule has 1 N–H and O–H groups in total. The fraction of sp³-hybridized carbons (Fsp3) is 0.250. The zero-order chi connectivity index (χ0) is 25.3. The molecule has 1 aromatic carbocycles. The third kappa shape index (κ3) is 4.99. The summed E-state index contributed by atoms with van der Waals surface area (Å²) in [5, 5.41) is 7.87. The third-order valence-corrected chi connectivity index (χ3v) is 6.55. The maximum Gasteiger partial charge on any atom is 0.254 e. The molecule has 0 radical (unpaired) electrons. The van der Waals surface area contributed by atoms with Gasteiger partial charge in [0.15, 0.2) is 14.9 Å². The van der Waals surface area contributed by atoms with Crippen LogP contribution in [0.15, 0.2) is 60.0 Å². The highest BCUT2D eigenvalue weighted by Gasteiger charge is 2.22. The molecular weight excluding hydrogens is 471 g/mol. The number of nitrogens with one attached hydrogen (secondary N) is 1. The fourth-order valence-corrected chi connectivity index (χ4v) is 4.31. The lowest BCUT2D eigenvalue weighted by molar-refractivity contribution is 0.0937. The summed E-state index contributed by atoms with van der Waals surface area (Å²) in [6.45, 7) is 1.90. The van der Waals surface area contributed by atoms with Crippen LogP contribution >= 0.6 is 0 Å². The van der Waals surface area contributed by atoms with Crippen molar-refractivity contribution in [3.05, 3.63) is 71.9 Å². The number of benzene rings is 1. The van der Waals surface area contributed by atoms with Crippen LogP contribution in [0.3, 0.4) is 0 Å². The molecule has 182 valence electrons. The average Bonchev–Trinajstić information content (AvgIpc) is 3.26. The van der Waals surface area contributed by atoms with Crippen molar-refractivity contribution in [1.82, 2.24) is 25.1 Å². The van der Waals surface area contributed by atoms with E-state index in [2.05, 4.69) is 20.4 Å². The normalized spacial score (nSPS) is 12.5. The first-order valence-electron chi connectivity index (χ1n) is 10.9. The Morgan fingerprint density at radius 2 is 1.86 bits per heavy atom. The van der Waals surface area contributed by atoms with Gasteiger partial charge in [0.25, 0.3) is 5.91 Å². The molecule has 0 fully saturated rings. The summed E-state index contributed by atoms with van der Waals surface area (Å²) in [5.41, 5.74) is 2.17. The quantitative estimate of drug-likeness (QED) is 0.418. The second-order valence-electron chi connectivity index (χ2n) is 8.35. The van der Waals surface area contributed by atoms with Crippen LogP contribution in [0.2, 0.25) is 0 Å². The topological polar surface area (TPSA) is 110 Å². The van der Waals surface area contributed by atoms with Crippen LogP contribution in [0.4, 0.5) is 10.2 Å². The summed E-state index contributed by atoms with van der Waals surface area (Å²) in [4.78, 5) is 23.4. The molecule has 0 aliphatic carbocycles. The van der Waals surface area contributed by atoms with Crippen molar-refractivity contribution in [2.24, 2.45) is 0 Å². The Morgan fingerprint density at radius 3 is 2.49 bits per heavy atom. The van der Waals surface area contributed by atoms with Crippen molar-refractivity contribution in [2.75, 3.05) is 25.3 Å². The number of rotatable bonds is 7. The summed E-state index contributed by atoms with van der Waals surface area (Å²) in [5.74, 6) is -0.265. The highest BCUT2D eigenvalue weighted by Crippen LogP contribution is 2.26. The standard InChI is InChI=1S/C24H25FN6O3S/c1-5-20(15-10-22(30(2)3)29-23(11-15)35(4,33)34)28-24(32)19-12-26-14-21-18(19)13-27-31(21)17-8-6-16(25)7-9-17/h6-14,20H,5H2,1-4H3,(H,28,32)/t20-/m0/s1. The van der Waals surface area contributed by atoms with E-state index in [1.54, 1.807) is 54.3 Å². The summed E-state index contributed by atoms with van der Waals surface area (Å²) >= 11 is 0. The van der Waals surface area contributed by atoms with E-state index in [4.69, 9.17) is 0 Å². The number of carbonyl (C=O) groups is 1. The van der Waals surface area contributed by atoms with E-state index < -0.39 is 15.9 Å². The Bertz CT molecular complexity index is 1500. The van der Waals surface area contributed by atoms with Crippen LogP contribution in [0.25, 0.3) is 16.6 Å². The van der Waals surface area contributed by atoms with Crippen molar-refractivity contribution in [3.8, 4) is 5.69 Å². The van der Waals surface area contributed by atoms with Crippen LogP contribution in [-0.4, -0.2) is 54.4 Å². The highest BCUT2D eigenvalue weighted by molar-refractivity contribution is 7.90. The van der Waals surface area contributed by atoms with Gasteiger partial charge in [0, 0.05) is 31.9 Å². The van der Waals surface area contributed by atoms with Gasteiger partial charge < -0.3 is 10.2 Å². The van der Waals surface area contributed by atoms with E-state index in [-0.39, 0.29) is 16.8 Å². The summed E-state index contributed by atoms with van der Waals surface area (Å²) in [6, 6.07) is 8.63. The summed E-state index contributed by atoms with van der Waals surface area (Å²) < 4.78 is 39.3. The van der Waals surface area contributed by atoms with Crippen molar-refractivity contribution in [2.45, 2.75) is 24.4 Å². The van der Waals surface area contributed by atoms with Gasteiger partial charge in [-0.15, -0.1) is 0 Å². The van der Waals surface area contributed by atoms with Crippen LogP contribution in [0.1, 0.15) is 35.3 Å². The number of hydrogen-bond acceptors (Lipinski definition) is 7. The van der Waals surface area contributed by atoms with Gasteiger partial charge in [0.05, 0.1) is 35.2 Å². The van der Waals surface area contributed by atoms with Crippen molar-refractivity contribution >= 4 is 32.5 Å². The van der Waals surface area contributed by atoms with Crippen molar-refractivity contribution in [1.29, 1.82) is 0 Å². The second-order valence-corrected chi connectivity index (χ2v) is 10.3. The molecule has 3 aromatic heterocycles. The molecule has 9 nitrogen and oxygen atoms in total. The number of halogens is 1. The highest BCUT2D eigenvalue weighted by atomic mass is 32.2. The monoisotopic (exact) mass is 496 g/mol. The Labute approximate surface area is 202 Å². The number of nitrogens with zero attached hydrogens (tertiary/aromatic N) is 5. The van der Waals surface area contributed by atoms with E-state index in [0.29, 0.717) is 40.0 Å². The molecule has 0 saturated carbocycles. The predicted octanol–water partition coefficient (Wildman–Crippen LogP) is 3.31. The van der Waals surface area contributed by atoms with E-state index >= 15 is 0 Å². The van der Waals surface area contributed by atoms with Gasteiger partial charge in [-0.05, 0) is 48.4 Å². The van der Waals surface area contributed by atoms with Gasteiger partial charge in [-0.25, -0.2) is 22.5 Å². The van der Waals surface area contributed by atoms with Gasteiger partial charge >= 0.3 is 0 Å². The predicted molar refractivity (Wildman–Crippen MR) is 131 cm³/mol. The summed E-state index contributed by atoms with van der Waals surface area (Å²) in [7, 11) is -0.0204. The van der Waals surface area contributed by atoms with Gasteiger partial charge in [-0.1, -0.05) is 6.92 Å². The Balaban J connectivity index is 1.69. The third-order valence-electron chi connectivity index (χ3n) is 5.58. The van der Waals surface area contributed by atoms with Crippen molar-refractivity contribution in [3.63, 3.8) is 0 Å². The molecule has 4 aromatic rings. The van der Waals surface area contributed by atoms with E-state index in [1.807, 2.05) is 6.92 Å². The lowest BCUT2D eigenvalue weighted by Crippen LogP contribution is -2.29.